The smallest absolute Gasteiger partial charge is 0.309 e. The summed E-state index contributed by atoms with van der Waals surface area (Å²) in [6, 6.07) is 0.245. The first-order valence-corrected chi connectivity index (χ1v) is 6.44. The summed E-state index contributed by atoms with van der Waals surface area (Å²) in [5, 5.41) is 11.9. The van der Waals surface area contributed by atoms with E-state index in [1.807, 2.05) is 0 Å². The Kier molecular flexibility index (Phi) is 4.97. The van der Waals surface area contributed by atoms with Crippen molar-refractivity contribution in [3.05, 3.63) is 0 Å². The van der Waals surface area contributed by atoms with Crippen LogP contribution in [0.5, 0.6) is 0 Å². The third kappa shape index (κ3) is 4.75. The normalized spacial score (nSPS) is 18.5. The van der Waals surface area contributed by atoms with Gasteiger partial charge < -0.3 is 10.4 Å². The van der Waals surface area contributed by atoms with Crippen molar-refractivity contribution in [1.29, 1.82) is 0 Å². The number of nitrogens with one attached hydrogen (secondary N) is 1. The van der Waals surface area contributed by atoms with Crippen LogP contribution >= 0.6 is 0 Å². The lowest BCUT2D eigenvalue weighted by Crippen LogP contribution is -2.38. The maximum atomic E-state index is 11.8. The van der Waals surface area contributed by atoms with Crippen LogP contribution in [0, 0.1) is 5.41 Å². The number of carboxylic acid groups (broad SMARTS) is 1. The molecule has 1 rings (SSSR count). The fourth-order valence-corrected chi connectivity index (χ4v) is 2.18. The van der Waals surface area contributed by atoms with E-state index in [1.165, 1.54) is 12.8 Å². The molecule has 0 unspecified atom stereocenters. The minimum absolute atomic E-state index is 0.0544. The zero-order chi connectivity index (χ0) is 12.9. The third-order valence-electron chi connectivity index (χ3n) is 3.40. The van der Waals surface area contributed by atoms with E-state index < -0.39 is 11.4 Å². The Labute approximate surface area is 103 Å². The molecule has 1 aliphatic carbocycles. The van der Waals surface area contributed by atoms with Crippen LogP contribution in [0.4, 0.5) is 0 Å². The second-order valence-electron chi connectivity index (χ2n) is 5.62. The first-order valence-electron chi connectivity index (χ1n) is 6.44. The fraction of sp³-hybridized carbons (Fsp3) is 0.846. The maximum absolute atomic E-state index is 11.8. The van der Waals surface area contributed by atoms with Crippen molar-refractivity contribution in [1.82, 2.24) is 5.32 Å². The predicted molar refractivity (Wildman–Crippen MR) is 65.7 cm³/mol. The first kappa shape index (κ1) is 14.0. The summed E-state index contributed by atoms with van der Waals surface area (Å²) < 4.78 is 0. The van der Waals surface area contributed by atoms with Crippen molar-refractivity contribution >= 4 is 11.9 Å². The van der Waals surface area contributed by atoms with Gasteiger partial charge >= 0.3 is 5.97 Å². The Morgan fingerprint density at radius 1 is 1.18 bits per heavy atom. The standard InChI is InChI=1S/C13H23NO3/c1-13(2,12(16)17)9-11(15)14-10-7-5-3-4-6-8-10/h10H,3-9H2,1-2H3,(H,14,15)(H,16,17). The van der Waals surface area contributed by atoms with Crippen molar-refractivity contribution in [2.75, 3.05) is 0 Å². The molecule has 1 aliphatic rings. The average Bonchev–Trinajstić information content (AvgIpc) is 2.45. The van der Waals surface area contributed by atoms with E-state index in [9.17, 15) is 9.59 Å². The lowest BCUT2D eigenvalue weighted by molar-refractivity contribution is -0.149. The highest BCUT2D eigenvalue weighted by Crippen LogP contribution is 2.21. The summed E-state index contributed by atoms with van der Waals surface area (Å²) in [5.41, 5.74) is -0.977. The lowest BCUT2D eigenvalue weighted by atomic mass is 9.89. The molecule has 0 aromatic heterocycles. The molecule has 0 radical (unpaired) electrons. The average molecular weight is 241 g/mol. The lowest BCUT2D eigenvalue weighted by Gasteiger charge is -2.21. The summed E-state index contributed by atoms with van der Waals surface area (Å²) in [5.74, 6) is -1.06. The van der Waals surface area contributed by atoms with Gasteiger partial charge in [-0.15, -0.1) is 0 Å². The van der Waals surface area contributed by atoms with Crippen molar-refractivity contribution in [2.24, 2.45) is 5.41 Å². The van der Waals surface area contributed by atoms with E-state index in [4.69, 9.17) is 5.11 Å². The van der Waals surface area contributed by atoms with Crippen LogP contribution < -0.4 is 5.32 Å². The molecular weight excluding hydrogens is 218 g/mol. The van der Waals surface area contributed by atoms with Gasteiger partial charge in [-0.05, 0) is 26.7 Å². The highest BCUT2D eigenvalue weighted by molar-refractivity contribution is 5.84. The molecule has 17 heavy (non-hydrogen) atoms. The highest BCUT2D eigenvalue weighted by Gasteiger charge is 2.30. The number of carbonyl (C=O) groups excluding carboxylic acids is 1. The van der Waals surface area contributed by atoms with E-state index in [0.29, 0.717) is 0 Å². The molecule has 1 fully saturated rings. The Hall–Kier alpha value is -1.06. The molecule has 1 saturated carbocycles. The SMILES string of the molecule is CC(C)(CC(=O)NC1CCCCCC1)C(=O)O. The van der Waals surface area contributed by atoms with Crippen LogP contribution in [-0.2, 0) is 9.59 Å². The highest BCUT2D eigenvalue weighted by atomic mass is 16.4. The zero-order valence-electron chi connectivity index (χ0n) is 10.8. The third-order valence-corrected chi connectivity index (χ3v) is 3.40. The fourth-order valence-electron chi connectivity index (χ4n) is 2.18. The van der Waals surface area contributed by atoms with Crippen molar-refractivity contribution in [2.45, 2.75) is 64.8 Å². The molecular formula is C13H23NO3. The van der Waals surface area contributed by atoms with Crippen LogP contribution in [0.1, 0.15) is 58.8 Å². The Morgan fingerprint density at radius 2 is 1.71 bits per heavy atom. The second-order valence-corrected chi connectivity index (χ2v) is 5.62. The van der Waals surface area contributed by atoms with Crippen molar-refractivity contribution in [3.8, 4) is 0 Å². The summed E-state index contributed by atoms with van der Waals surface area (Å²) in [6.07, 6.45) is 6.91. The monoisotopic (exact) mass is 241 g/mol. The summed E-state index contributed by atoms with van der Waals surface area (Å²) in [4.78, 5) is 22.7. The molecule has 0 bridgehead atoms. The van der Waals surface area contributed by atoms with Gasteiger partial charge in [-0.1, -0.05) is 25.7 Å². The second kappa shape index (κ2) is 6.03. The minimum Gasteiger partial charge on any atom is -0.481 e. The van der Waals surface area contributed by atoms with E-state index in [-0.39, 0.29) is 18.4 Å². The molecule has 2 N–H and O–H groups in total. The van der Waals surface area contributed by atoms with Crippen LogP contribution in [0.15, 0.2) is 0 Å². The van der Waals surface area contributed by atoms with Crippen LogP contribution in [0.3, 0.4) is 0 Å². The number of rotatable bonds is 4. The first-order chi connectivity index (χ1) is 7.92. The van der Waals surface area contributed by atoms with Crippen molar-refractivity contribution < 1.29 is 14.7 Å². The van der Waals surface area contributed by atoms with Gasteiger partial charge in [0.05, 0.1) is 5.41 Å². The van der Waals surface area contributed by atoms with Crippen molar-refractivity contribution in [3.63, 3.8) is 0 Å². The molecule has 0 atom stereocenters. The number of carboxylic acids is 1. The van der Waals surface area contributed by atoms with Gasteiger partial charge in [-0.25, -0.2) is 0 Å². The van der Waals surface area contributed by atoms with Crippen LogP contribution in [-0.4, -0.2) is 23.0 Å². The van der Waals surface area contributed by atoms with E-state index in [0.717, 1.165) is 25.7 Å². The Bertz CT molecular complexity index is 278. The predicted octanol–water partition coefficient (Wildman–Crippen LogP) is 2.33. The zero-order valence-corrected chi connectivity index (χ0v) is 10.8. The summed E-state index contributed by atoms with van der Waals surface area (Å²) in [7, 11) is 0. The Balaban J connectivity index is 2.40. The number of amides is 1. The van der Waals surface area contributed by atoms with Gasteiger partial charge in [0.2, 0.25) is 5.91 Å². The molecule has 0 aromatic carbocycles. The van der Waals surface area contributed by atoms with E-state index >= 15 is 0 Å². The van der Waals surface area contributed by atoms with Gasteiger partial charge in [0.25, 0.3) is 0 Å². The van der Waals surface area contributed by atoms with Gasteiger partial charge in [0.1, 0.15) is 0 Å². The quantitative estimate of drug-likeness (QED) is 0.742. The van der Waals surface area contributed by atoms with Crippen LogP contribution in [0.25, 0.3) is 0 Å². The molecule has 0 saturated heterocycles. The van der Waals surface area contributed by atoms with Crippen LogP contribution in [0.2, 0.25) is 0 Å². The molecule has 0 aromatic rings. The van der Waals surface area contributed by atoms with Gasteiger partial charge in [-0.3, -0.25) is 9.59 Å². The van der Waals surface area contributed by atoms with E-state index in [1.54, 1.807) is 13.8 Å². The molecule has 1 amide bonds. The minimum atomic E-state index is -0.977. The molecule has 0 aliphatic heterocycles. The number of hydrogen-bond donors (Lipinski definition) is 2. The Morgan fingerprint density at radius 3 is 2.18 bits per heavy atom. The molecule has 0 spiro atoms. The summed E-state index contributed by atoms with van der Waals surface area (Å²) >= 11 is 0. The topological polar surface area (TPSA) is 66.4 Å². The maximum Gasteiger partial charge on any atom is 0.309 e. The van der Waals surface area contributed by atoms with Gasteiger partial charge in [-0.2, -0.15) is 0 Å². The summed E-state index contributed by atoms with van der Waals surface area (Å²) in [6.45, 7) is 3.17. The molecule has 98 valence electrons. The number of hydrogen-bond acceptors (Lipinski definition) is 2. The molecule has 0 heterocycles. The molecule has 4 heteroatoms. The van der Waals surface area contributed by atoms with Gasteiger partial charge in [0.15, 0.2) is 0 Å². The van der Waals surface area contributed by atoms with Gasteiger partial charge in [0, 0.05) is 12.5 Å². The molecule has 4 nitrogen and oxygen atoms in total. The largest absolute Gasteiger partial charge is 0.481 e. The van der Waals surface area contributed by atoms with E-state index in [2.05, 4.69) is 5.32 Å². The number of carbonyl (C=O) groups is 2. The number of aliphatic carboxylic acids is 1.